The topological polar surface area (TPSA) is 122 Å². The molecule has 11 nitrogen and oxygen atoms in total. The second-order valence-corrected chi connectivity index (χ2v) is 6.88. The lowest BCUT2D eigenvalue weighted by atomic mass is 10.2. The molecule has 0 radical (unpaired) electrons. The summed E-state index contributed by atoms with van der Waals surface area (Å²) in [7, 11) is 0. The van der Waals surface area contributed by atoms with Gasteiger partial charge in [0.25, 0.3) is 0 Å². The maximum absolute atomic E-state index is 11.1. The molecule has 0 aliphatic heterocycles. The molecule has 0 fully saturated rings. The van der Waals surface area contributed by atoms with E-state index in [1.54, 1.807) is 33.3 Å². The van der Waals surface area contributed by atoms with Crippen LogP contribution >= 0.6 is 0 Å². The van der Waals surface area contributed by atoms with Crippen LogP contribution in [-0.2, 0) is 0 Å². The Bertz CT molecular complexity index is 1380. The van der Waals surface area contributed by atoms with Crippen molar-refractivity contribution in [3.05, 3.63) is 70.6 Å². The molecule has 30 heavy (non-hydrogen) atoms. The van der Waals surface area contributed by atoms with E-state index < -0.39 is 4.92 Å². The average molecular weight is 403 g/mol. The van der Waals surface area contributed by atoms with E-state index in [4.69, 9.17) is 4.98 Å². The van der Waals surface area contributed by atoms with Crippen LogP contribution in [-0.4, -0.2) is 44.1 Å². The Kier molecular flexibility index (Phi) is 4.02. The Morgan fingerprint density at radius 2 is 1.97 bits per heavy atom. The van der Waals surface area contributed by atoms with Crippen molar-refractivity contribution >= 4 is 22.5 Å². The summed E-state index contributed by atoms with van der Waals surface area (Å²) in [6, 6.07) is 10.8. The van der Waals surface area contributed by atoms with Crippen molar-refractivity contribution in [1.29, 1.82) is 0 Å². The molecule has 5 rings (SSSR count). The number of rotatable bonds is 5. The molecule has 0 saturated heterocycles. The van der Waals surface area contributed by atoms with Crippen LogP contribution in [0.3, 0.4) is 0 Å². The summed E-state index contributed by atoms with van der Waals surface area (Å²) < 4.78 is 4.96. The predicted octanol–water partition coefficient (Wildman–Crippen LogP) is 2.88. The normalized spacial score (nSPS) is 12.6. The highest BCUT2D eigenvalue weighted by molar-refractivity contribution is 5.89. The minimum Gasteiger partial charge on any atom is -0.358 e. The molecule has 0 spiro atoms. The largest absolute Gasteiger partial charge is 0.390 e. The van der Waals surface area contributed by atoms with Crippen LogP contribution in [0.5, 0.6) is 0 Å². The van der Waals surface area contributed by atoms with E-state index in [1.807, 2.05) is 37.3 Å². The van der Waals surface area contributed by atoms with Crippen molar-refractivity contribution in [2.75, 3.05) is 0 Å². The summed E-state index contributed by atoms with van der Waals surface area (Å²) in [6.07, 6.45) is 3.94. The van der Waals surface area contributed by atoms with Crippen molar-refractivity contribution in [2.24, 2.45) is 0 Å². The third-order valence-electron chi connectivity index (χ3n) is 5.00. The van der Waals surface area contributed by atoms with Gasteiger partial charge in [0.2, 0.25) is 0 Å². The van der Waals surface area contributed by atoms with E-state index >= 15 is 0 Å². The Balaban J connectivity index is 1.63. The summed E-state index contributed by atoms with van der Waals surface area (Å²) >= 11 is 0. The van der Waals surface area contributed by atoms with E-state index in [-0.39, 0.29) is 11.9 Å². The molecule has 5 aromatic rings. The number of aryl methyl sites for hydroxylation is 1. The number of hydrogen-bond donors (Lipinski definition) is 0. The minimum atomic E-state index is -0.501. The Morgan fingerprint density at radius 1 is 1.17 bits per heavy atom. The standard InChI is InChI=1S/C19H17N9O2/c1-3-15(26-12(2)9-16(23-26)28(29)30)17-22-19-14-10-21-27(13-7-5-4-6-8-13)18(14)20-11-25(19)24-17/h4-11,15H,3H2,1-2H3/t15-/m1/s1. The summed E-state index contributed by atoms with van der Waals surface area (Å²) in [4.78, 5) is 19.8. The lowest BCUT2D eigenvalue weighted by molar-refractivity contribution is -0.389. The van der Waals surface area contributed by atoms with Crippen LogP contribution in [0.4, 0.5) is 5.82 Å². The molecule has 0 amide bonds. The Labute approximate surface area is 169 Å². The molecule has 0 saturated carbocycles. The summed E-state index contributed by atoms with van der Waals surface area (Å²) in [5.41, 5.74) is 2.86. The molecule has 1 atom stereocenters. The fraction of sp³-hybridized carbons (Fsp3) is 0.211. The van der Waals surface area contributed by atoms with Crippen LogP contribution in [0.2, 0.25) is 0 Å². The lowest BCUT2D eigenvalue weighted by Crippen LogP contribution is -2.14. The first-order valence-electron chi connectivity index (χ1n) is 9.41. The molecule has 11 heteroatoms. The van der Waals surface area contributed by atoms with Gasteiger partial charge in [-0.1, -0.05) is 25.1 Å². The number of benzene rings is 1. The van der Waals surface area contributed by atoms with Gasteiger partial charge in [0.05, 0.1) is 34.1 Å². The third-order valence-corrected chi connectivity index (χ3v) is 5.00. The maximum Gasteiger partial charge on any atom is 0.390 e. The van der Waals surface area contributed by atoms with Gasteiger partial charge in [-0.3, -0.25) is 0 Å². The Morgan fingerprint density at radius 3 is 2.67 bits per heavy atom. The van der Waals surface area contributed by atoms with Gasteiger partial charge in [-0.15, -0.1) is 5.10 Å². The van der Waals surface area contributed by atoms with Crippen molar-refractivity contribution in [3.63, 3.8) is 0 Å². The second kappa shape index (κ2) is 6.72. The first-order chi connectivity index (χ1) is 14.6. The first-order valence-corrected chi connectivity index (χ1v) is 9.41. The summed E-state index contributed by atoms with van der Waals surface area (Å²) in [5, 5.41) is 25.0. The number of aromatic nitrogens is 8. The van der Waals surface area contributed by atoms with E-state index in [9.17, 15) is 10.1 Å². The first kappa shape index (κ1) is 17.9. The molecule has 0 N–H and O–H groups in total. The van der Waals surface area contributed by atoms with Gasteiger partial charge in [0.15, 0.2) is 17.1 Å². The third kappa shape index (κ3) is 2.70. The molecule has 0 unspecified atom stereocenters. The molecule has 4 heterocycles. The monoisotopic (exact) mass is 403 g/mol. The molecular weight excluding hydrogens is 386 g/mol. The zero-order valence-electron chi connectivity index (χ0n) is 16.2. The number of nitrogens with zero attached hydrogens (tertiary/aromatic N) is 9. The van der Waals surface area contributed by atoms with Gasteiger partial charge in [0, 0.05) is 0 Å². The van der Waals surface area contributed by atoms with Gasteiger partial charge >= 0.3 is 5.82 Å². The van der Waals surface area contributed by atoms with E-state index in [2.05, 4.69) is 20.3 Å². The number of hydrogen-bond acceptors (Lipinski definition) is 7. The van der Waals surface area contributed by atoms with Crippen molar-refractivity contribution in [2.45, 2.75) is 26.3 Å². The van der Waals surface area contributed by atoms with Crippen LogP contribution < -0.4 is 0 Å². The van der Waals surface area contributed by atoms with Gasteiger partial charge < -0.3 is 10.1 Å². The number of nitro groups is 1. The van der Waals surface area contributed by atoms with Crippen LogP contribution in [0.1, 0.15) is 30.9 Å². The fourth-order valence-corrected chi connectivity index (χ4v) is 3.58. The quantitative estimate of drug-likeness (QED) is 0.327. The predicted molar refractivity (Wildman–Crippen MR) is 107 cm³/mol. The molecule has 0 aliphatic rings. The van der Waals surface area contributed by atoms with E-state index in [0.717, 1.165) is 11.1 Å². The van der Waals surface area contributed by atoms with E-state index in [1.165, 1.54) is 6.07 Å². The fourth-order valence-electron chi connectivity index (χ4n) is 3.58. The highest BCUT2D eigenvalue weighted by atomic mass is 16.6. The molecule has 150 valence electrons. The van der Waals surface area contributed by atoms with Crippen molar-refractivity contribution in [1.82, 2.24) is 39.1 Å². The molecule has 4 aromatic heterocycles. The Hall–Kier alpha value is -4.15. The second-order valence-electron chi connectivity index (χ2n) is 6.88. The van der Waals surface area contributed by atoms with Crippen LogP contribution in [0.25, 0.3) is 22.4 Å². The molecule has 0 aliphatic carbocycles. The van der Waals surface area contributed by atoms with Crippen LogP contribution in [0.15, 0.2) is 48.9 Å². The van der Waals surface area contributed by atoms with Gasteiger partial charge in [-0.25, -0.2) is 19.2 Å². The smallest absolute Gasteiger partial charge is 0.358 e. The lowest BCUT2D eigenvalue weighted by Gasteiger charge is -2.09. The molecule has 1 aromatic carbocycles. The van der Waals surface area contributed by atoms with Gasteiger partial charge in [0.1, 0.15) is 12.4 Å². The maximum atomic E-state index is 11.1. The molecule has 0 bridgehead atoms. The number of fused-ring (bicyclic) bond motifs is 3. The molecular formula is C19H17N9O2. The average Bonchev–Trinajstić information content (AvgIpc) is 3.46. The summed E-state index contributed by atoms with van der Waals surface area (Å²) in [5.74, 6) is 0.322. The van der Waals surface area contributed by atoms with Gasteiger partial charge in [-0.2, -0.15) is 9.78 Å². The van der Waals surface area contributed by atoms with Crippen molar-refractivity contribution in [3.8, 4) is 5.69 Å². The van der Waals surface area contributed by atoms with Crippen LogP contribution in [0, 0.1) is 17.0 Å². The van der Waals surface area contributed by atoms with Gasteiger partial charge in [-0.05, 0) is 30.4 Å². The minimum absolute atomic E-state index is 0.192. The van der Waals surface area contributed by atoms with E-state index in [0.29, 0.717) is 29.2 Å². The highest BCUT2D eigenvalue weighted by Gasteiger charge is 2.26. The summed E-state index contributed by atoms with van der Waals surface area (Å²) in [6.45, 7) is 3.74. The SMILES string of the molecule is CC[C@H](c1nc2c3cnn(-c4ccccc4)c3ncn2n1)n1nc([N+](=O)[O-])cc1C. The highest BCUT2D eigenvalue weighted by Crippen LogP contribution is 2.25. The van der Waals surface area contributed by atoms with Crippen molar-refractivity contribution < 1.29 is 4.92 Å². The number of para-hydroxylation sites is 1. The zero-order chi connectivity index (χ0) is 20.8. The zero-order valence-corrected chi connectivity index (χ0v) is 16.2.